The first kappa shape index (κ1) is 16.8. The minimum absolute atomic E-state index is 0.0991. The topological polar surface area (TPSA) is 134 Å². The summed E-state index contributed by atoms with van der Waals surface area (Å²) in [6, 6.07) is 3.76. The van der Waals surface area contributed by atoms with E-state index in [-0.39, 0.29) is 25.3 Å². The minimum atomic E-state index is -0.561. The zero-order valence-electron chi connectivity index (χ0n) is 13.3. The highest BCUT2D eigenvalue weighted by Crippen LogP contribution is 2.21. The van der Waals surface area contributed by atoms with Gasteiger partial charge in [0.25, 0.3) is 5.56 Å². The number of carbonyl (C=O) groups excluding carboxylic acids is 1. The Morgan fingerprint density at radius 2 is 2.20 bits per heavy atom. The maximum Gasteiger partial charge on any atom is 0.325 e. The third-order valence-electron chi connectivity index (χ3n) is 3.50. The van der Waals surface area contributed by atoms with Crippen LogP contribution >= 0.6 is 11.3 Å². The van der Waals surface area contributed by atoms with Crippen molar-refractivity contribution in [3.05, 3.63) is 55.5 Å². The molecular weight excluding hydrogens is 346 g/mol. The van der Waals surface area contributed by atoms with Gasteiger partial charge in [0.05, 0.1) is 11.4 Å². The van der Waals surface area contributed by atoms with Crippen molar-refractivity contribution in [3.63, 3.8) is 0 Å². The molecule has 0 unspecified atom stereocenters. The summed E-state index contributed by atoms with van der Waals surface area (Å²) >= 11 is 1.49. The first-order valence-electron chi connectivity index (χ1n) is 7.48. The number of rotatable bonds is 6. The molecule has 1 amide bonds. The predicted molar refractivity (Wildman–Crippen MR) is 90.2 cm³/mol. The lowest BCUT2D eigenvalue weighted by atomic mass is 10.1. The molecule has 0 aromatic carbocycles. The Morgan fingerprint density at radius 3 is 2.92 bits per heavy atom. The van der Waals surface area contributed by atoms with Gasteiger partial charge in [0.1, 0.15) is 0 Å². The van der Waals surface area contributed by atoms with E-state index >= 15 is 0 Å². The van der Waals surface area contributed by atoms with E-state index in [1.165, 1.54) is 11.3 Å². The normalized spacial score (nSPS) is 10.8. The number of thiophene rings is 1. The van der Waals surface area contributed by atoms with Gasteiger partial charge >= 0.3 is 5.69 Å². The van der Waals surface area contributed by atoms with Gasteiger partial charge in [0, 0.05) is 17.7 Å². The standard InChI is InChI=1S/C15H15N5O4S/c1-8-9(14(22)19-15(23)17-8)4-5-11(21)16-7-12-18-13(20-24-12)10-3-2-6-25-10/h2-3,6H,4-5,7H2,1H3,(H,16,21)(H2,17,19,22,23). The second-order valence-electron chi connectivity index (χ2n) is 5.28. The largest absolute Gasteiger partial charge is 0.347 e. The van der Waals surface area contributed by atoms with Crippen LogP contribution in [0.15, 0.2) is 31.6 Å². The van der Waals surface area contributed by atoms with Gasteiger partial charge in [-0.05, 0) is 24.8 Å². The van der Waals surface area contributed by atoms with Crippen LogP contribution in [-0.4, -0.2) is 26.0 Å². The van der Waals surface area contributed by atoms with Crippen LogP contribution in [0.2, 0.25) is 0 Å². The van der Waals surface area contributed by atoms with Crippen LogP contribution in [0.1, 0.15) is 23.6 Å². The average molecular weight is 361 g/mol. The second kappa shape index (κ2) is 7.26. The fraction of sp³-hybridized carbons (Fsp3) is 0.267. The lowest BCUT2D eigenvalue weighted by molar-refractivity contribution is -0.121. The number of amides is 1. The fourth-order valence-corrected chi connectivity index (χ4v) is 2.91. The average Bonchev–Trinajstić information content (AvgIpc) is 3.23. The van der Waals surface area contributed by atoms with E-state index in [1.807, 2.05) is 17.5 Å². The lowest BCUT2D eigenvalue weighted by Crippen LogP contribution is -2.29. The zero-order valence-corrected chi connectivity index (χ0v) is 14.1. The molecule has 0 saturated carbocycles. The molecule has 3 aromatic rings. The molecular formula is C15H15N5O4S. The number of carbonyl (C=O) groups is 1. The molecule has 0 aliphatic rings. The van der Waals surface area contributed by atoms with Gasteiger partial charge in [0.2, 0.25) is 17.6 Å². The van der Waals surface area contributed by atoms with Crippen molar-refractivity contribution in [1.82, 2.24) is 25.4 Å². The van der Waals surface area contributed by atoms with Crippen LogP contribution in [-0.2, 0) is 17.8 Å². The molecule has 0 bridgehead atoms. The van der Waals surface area contributed by atoms with Crippen molar-refractivity contribution in [2.24, 2.45) is 0 Å². The molecule has 0 aliphatic carbocycles. The Hall–Kier alpha value is -3.01. The summed E-state index contributed by atoms with van der Waals surface area (Å²) in [5.74, 6) is 0.519. The molecule has 0 atom stereocenters. The summed E-state index contributed by atoms with van der Waals surface area (Å²) in [4.78, 5) is 44.5. The number of aryl methyl sites for hydroxylation is 1. The second-order valence-corrected chi connectivity index (χ2v) is 6.23. The van der Waals surface area contributed by atoms with E-state index in [2.05, 4.69) is 25.4 Å². The number of H-pyrrole nitrogens is 2. The molecule has 10 heteroatoms. The van der Waals surface area contributed by atoms with Gasteiger partial charge in [-0.1, -0.05) is 11.2 Å². The van der Waals surface area contributed by atoms with Crippen LogP contribution in [0.25, 0.3) is 10.7 Å². The molecule has 0 spiro atoms. The van der Waals surface area contributed by atoms with E-state index in [0.29, 0.717) is 23.0 Å². The van der Waals surface area contributed by atoms with Crippen LogP contribution in [0.3, 0.4) is 0 Å². The molecule has 3 N–H and O–H groups in total. The fourth-order valence-electron chi connectivity index (χ4n) is 2.26. The molecule has 25 heavy (non-hydrogen) atoms. The number of aromatic amines is 2. The van der Waals surface area contributed by atoms with Crippen molar-refractivity contribution in [1.29, 1.82) is 0 Å². The third kappa shape index (κ3) is 4.10. The maximum atomic E-state index is 11.9. The molecule has 130 valence electrons. The van der Waals surface area contributed by atoms with E-state index in [4.69, 9.17) is 4.52 Å². The SMILES string of the molecule is Cc1[nH]c(=O)[nH]c(=O)c1CCC(=O)NCc1nc(-c2cccs2)no1. The van der Waals surface area contributed by atoms with Gasteiger partial charge in [-0.25, -0.2) is 4.79 Å². The summed E-state index contributed by atoms with van der Waals surface area (Å²) in [6.07, 6.45) is 0.315. The lowest BCUT2D eigenvalue weighted by Gasteiger charge is -2.04. The summed E-state index contributed by atoms with van der Waals surface area (Å²) < 4.78 is 5.09. The summed E-state index contributed by atoms with van der Waals surface area (Å²) in [5, 5.41) is 8.43. The van der Waals surface area contributed by atoms with E-state index in [9.17, 15) is 14.4 Å². The van der Waals surface area contributed by atoms with Crippen molar-refractivity contribution in [3.8, 4) is 10.7 Å². The minimum Gasteiger partial charge on any atom is -0.347 e. The van der Waals surface area contributed by atoms with Crippen molar-refractivity contribution < 1.29 is 9.32 Å². The van der Waals surface area contributed by atoms with Crippen LogP contribution in [0, 0.1) is 6.92 Å². The number of hydrogen-bond acceptors (Lipinski definition) is 7. The first-order valence-corrected chi connectivity index (χ1v) is 8.36. The van der Waals surface area contributed by atoms with Gasteiger partial charge in [0.15, 0.2) is 0 Å². The van der Waals surface area contributed by atoms with Gasteiger partial charge in [-0.3, -0.25) is 14.6 Å². The first-order chi connectivity index (χ1) is 12.0. The quantitative estimate of drug-likeness (QED) is 0.593. The number of nitrogens with one attached hydrogen (secondary N) is 3. The maximum absolute atomic E-state index is 11.9. The Balaban J connectivity index is 1.54. The van der Waals surface area contributed by atoms with Crippen LogP contribution < -0.4 is 16.6 Å². The molecule has 9 nitrogen and oxygen atoms in total. The van der Waals surface area contributed by atoms with Crippen molar-refractivity contribution in [2.45, 2.75) is 26.3 Å². The van der Waals surface area contributed by atoms with E-state index in [1.54, 1.807) is 6.92 Å². The number of hydrogen-bond donors (Lipinski definition) is 3. The van der Waals surface area contributed by atoms with Crippen LogP contribution in [0.5, 0.6) is 0 Å². The molecule has 0 fully saturated rings. The van der Waals surface area contributed by atoms with Gasteiger partial charge in [-0.15, -0.1) is 11.3 Å². The molecule has 3 heterocycles. The van der Waals surface area contributed by atoms with E-state index < -0.39 is 11.2 Å². The number of aromatic nitrogens is 4. The molecule has 3 aromatic heterocycles. The monoisotopic (exact) mass is 361 g/mol. The smallest absolute Gasteiger partial charge is 0.325 e. The molecule has 0 radical (unpaired) electrons. The highest BCUT2D eigenvalue weighted by atomic mass is 32.1. The third-order valence-corrected chi connectivity index (χ3v) is 4.37. The number of nitrogens with zero attached hydrogens (tertiary/aromatic N) is 2. The highest BCUT2D eigenvalue weighted by molar-refractivity contribution is 7.13. The summed E-state index contributed by atoms with van der Waals surface area (Å²) in [7, 11) is 0. The Bertz CT molecular complexity index is 986. The predicted octanol–water partition coefficient (Wildman–Crippen LogP) is 0.732. The Kier molecular flexibility index (Phi) is 4.89. The van der Waals surface area contributed by atoms with E-state index in [0.717, 1.165) is 4.88 Å². The van der Waals surface area contributed by atoms with Gasteiger partial charge in [-0.2, -0.15) is 4.98 Å². The molecule has 0 aliphatic heterocycles. The van der Waals surface area contributed by atoms with Crippen molar-refractivity contribution in [2.75, 3.05) is 0 Å². The van der Waals surface area contributed by atoms with Crippen LogP contribution in [0.4, 0.5) is 0 Å². The Morgan fingerprint density at radius 1 is 1.36 bits per heavy atom. The summed E-state index contributed by atoms with van der Waals surface area (Å²) in [6.45, 7) is 1.73. The van der Waals surface area contributed by atoms with Gasteiger partial charge < -0.3 is 14.8 Å². The molecule has 0 saturated heterocycles. The highest BCUT2D eigenvalue weighted by Gasteiger charge is 2.12. The van der Waals surface area contributed by atoms with Crippen molar-refractivity contribution >= 4 is 17.2 Å². The molecule has 3 rings (SSSR count). The summed E-state index contributed by atoms with van der Waals surface area (Å²) in [5.41, 5.74) is -0.202. The zero-order chi connectivity index (χ0) is 17.8. The Labute approximate surface area is 145 Å².